The molecule has 0 aromatic rings. The van der Waals surface area contributed by atoms with Gasteiger partial charge in [0.05, 0.1) is 1.37 Å². The van der Waals surface area contributed by atoms with Gasteiger partial charge in [0.1, 0.15) is 0 Å². The molecular formula is CHCl3Sn. The molecule has 0 N–H and O–H groups in total. The van der Waals surface area contributed by atoms with Crippen molar-refractivity contribution in [2.45, 2.75) is 4.27 Å². The van der Waals surface area contributed by atoms with Crippen LogP contribution in [0, 0.1) is 0 Å². The Bertz CT molecular complexity index is 26.3. The number of halogens is 3. The number of hydrogen-bond donors (Lipinski definition) is 0. The van der Waals surface area contributed by atoms with Crippen LogP contribution in [0.3, 0.4) is 0 Å². The van der Waals surface area contributed by atoms with E-state index in [9.17, 15) is 0 Å². The Hall–Kier alpha value is 1.67. The molecule has 4 radical (unpaired) electrons. The molecule has 0 saturated carbocycles. The fourth-order valence-electron chi connectivity index (χ4n) is 0. The molecule has 0 aliphatic carbocycles. The van der Waals surface area contributed by atoms with Crippen LogP contribution < -0.4 is 0 Å². The fourth-order valence-corrected chi connectivity index (χ4v) is 0. The molecule has 30 valence electrons. The van der Waals surface area contributed by atoms with Gasteiger partial charge in [0.2, 0.25) is 0 Å². The topological polar surface area (TPSA) is 0 Å². The third-order valence-corrected chi connectivity index (χ3v) is 0. The molecule has 0 saturated heterocycles. The summed E-state index contributed by atoms with van der Waals surface area (Å²) in [7, 11) is 0. The van der Waals surface area contributed by atoms with Gasteiger partial charge in [-0.2, -0.15) is 0 Å². The van der Waals surface area contributed by atoms with Crippen molar-refractivity contribution in [3.8, 4) is 0 Å². The second-order valence-corrected chi connectivity index (χ2v) is 1.93. The smallest absolute Gasteiger partial charge is 0.0874 e. The monoisotopic (exact) mass is 239 g/mol. The summed E-state index contributed by atoms with van der Waals surface area (Å²) in [6.45, 7) is 0. The molecule has 0 amide bonds. The number of rotatable bonds is 0. The van der Waals surface area contributed by atoms with E-state index >= 15 is 0 Å². The van der Waals surface area contributed by atoms with Crippen molar-refractivity contribution in [2.75, 3.05) is 0 Å². The fraction of sp³-hybridized carbons (Fsp3) is 1.00. The molecule has 0 unspecified atom stereocenters. The zero-order valence-electron chi connectivity index (χ0n) is 3.13. The van der Waals surface area contributed by atoms with E-state index in [1.807, 2.05) is 0 Å². The molecule has 0 atom stereocenters. The molecule has 4 heteroatoms. The van der Waals surface area contributed by atoms with Crippen molar-refractivity contribution in [2.24, 2.45) is 0 Å². The minimum atomic E-state index is -1.83. The molecular weight excluding hydrogens is 237 g/mol. The van der Waals surface area contributed by atoms with Gasteiger partial charge in [0.15, 0.2) is 4.27 Å². The molecule has 0 fully saturated rings. The molecule has 0 aromatic heterocycles. The summed E-state index contributed by atoms with van der Waals surface area (Å²) in [6.07, 6.45) is 0. The van der Waals surface area contributed by atoms with Gasteiger partial charge in [0, 0.05) is 23.9 Å². The Labute approximate surface area is 64.1 Å². The summed E-state index contributed by atoms with van der Waals surface area (Å²) < 4.78 is 4.40. The zero-order chi connectivity index (χ0) is 4.50. The van der Waals surface area contributed by atoms with E-state index in [4.69, 9.17) is 36.2 Å². The van der Waals surface area contributed by atoms with Crippen LogP contribution in [0.15, 0.2) is 0 Å². The van der Waals surface area contributed by atoms with Gasteiger partial charge in [-0.3, -0.25) is 0 Å². The zero-order valence-corrected chi connectivity index (χ0v) is 7.26. The first-order chi connectivity index (χ1) is 2.00. The second kappa shape index (κ2) is 5.67. The van der Waals surface area contributed by atoms with E-state index in [2.05, 4.69) is 0 Å². The maximum atomic E-state index is 6.23. The van der Waals surface area contributed by atoms with Gasteiger partial charge < -0.3 is 0 Å². The molecule has 0 rings (SSSR count). The molecule has 0 aliphatic rings. The molecule has 0 bridgehead atoms. The summed E-state index contributed by atoms with van der Waals surface area (Å²) >= 11 is 14.2. The number of alkyl halides is 3. The maximum Gasteiger partial charge on any atom is 0.180 e. The Balaban J connectivity index is 0. The van der Waals surface area contributed by atoms with Crippen molar-refractivity contribution >= 4 is 58.7 Å². The molecule has 0 heterocycles. The minimum absolute atomic E-state index is 0. The summed E-state index contributed by atoms with van der Waals surface area (Å²) in [4.78, 5) is 0. The summed E-state index contributed by atoms with van der Waals surface area (Å²) in [5.74, 6) is 0. The van der Waals surface area contributed by atoms with Gasteiger partial charge in [0.25, 0.3) is 0 Å². The average Bonchev–Trinajstić information content (AvgIpc) is 0.722. The van der Waals surface area contributed by atoms with Crippen molar-refractivity contribution in [1.82, 2.24) is 0 Å². The predicted octanol–water partition coefficient (Wildman–Crippen LogP) is 1.61. The van der Waals surface area contributed by atoms with E-state index in [1.54, 1.807) is 0 Å². The predicted molar refractivity (Wildman–Crippen MR) is 27.1 cm³/mol. The van der Waals surface area contributed by atoms with Crippen LogP contribution >= 0.6 is 34.8 Å². The molecule has 0 aliphatic heterocycles. The normalized spacial score (nSPS) is 12.2. The third-order valence-electron chi connectivity index (χ3n) is 0. The first-order valence-corrected chi connectivity index (χ1v) is 1.70. The van der Waals surface area contributed by atoms with Gasteiger partial charge in [-0.15, -0.1) is 0 Å². The van der Waals surface area contributed by atoms with Crippen LogP contribution in [0.2, 0.25) is 0 Å². The van der Waals surface area contributed by atoms with Crippen molar-refractivity contribution in [1.29, 1.82) is 0 Å². The molecule has 0 spiro atoms. The Morgan fingerprint density at radius 2 is 1.40 bits per heavy atom. The first-order valence-electron chi connectivity index (χ1n) is 1.07. The standard InChI is InChI=1S/CHCl3.Sn/c2-1(3)4;/h1H;/i1D;. The summed E-state index contributed by atoms with van der Waals surface area (Å²) in [5.41, 5.74) is 0. The molecule has 5 heavy (non-hydrogen) atoms. The Kier molecular flexibility index (Phi) is 7.56. The van der Waals surface area contributed by atoms with Gasteiger partial charge in [-0.25, -0.2) is 0 Å². The van der Waals surface area contributed by atoms with E-state index in [0.29, 0.717) is 0 Å². The average molecular weight is 239 g/mol. The van der Waals surface area contributed by atoms with Crippen LogP contribution in [-0.4, -0.2) is 28.2 Å². The summed E-state index contributed by atoms with van der Waals surface area (Å²) in [6, 6.07) is 0. The first kappa shape index (κ1) is 6.67. The Morgan fingerprint density at radius 1 is 1.40 bits per heavy atom. The van der Waals surface area contributed by atoms with Crippen molar-refractivity contribution in [3.05, 3.63) is 0 Å². The largest absolute Gasteiger partial charge is 0.180 e. The van der Waals surface area contributed by atoms with Crippen LogP contribution in [-0.2, 0) is 0 Å². The van der Waals surface area contributed by atoms with E-state index in [-0.39, 0.29) is 23.9 Å². The van der Waals surface area contributed by atoms with E-state index in [0.717, 1.165) is 0 Å². The second-order valence-electron chi connectivity index (χ2n) is 0.214. The van der Waals surface area contributed by atoms with Gasteiger partial charge >= 0.3 is 0 Å². The maximum absolute atomic E-state index is 6.23. The van der Waals surface area contributed by atoms with Crippen LogP contribution in [0.4, 0.5) is 0 Å². The summed E-state index contributed by atoms with van der Waals surface area (Å²) in [5, 5.41) is 0. The number of hydrogen-bond acceptors (Lipinski definition) is 0. The quantitative estimate of drug-likeness (QED) is 0.445. The SMILES string of the molecule is [2H]C(Cl)(Cl)Cl.[Sn]. The molecule has 0 nitrogen and oxygen atoms in total. The van der Waals surface area contributed by atoms with Crippen molar-refractivity contribution in [3.63, 3.8) is 0 Å². The van der Waals surface area contributed by atoms with Gasteiger partial charge in [-0.1, -0.05) is 34.8 Å². The van der Waals surface area contributed by atoms with Crippen molar-refractivity contribution < 1.29 is 1.37 Å². The van der Waals surface area contributed by atoms with E-state index < -0.39 is 4.27 Å². The van der Waals surface area contributed by atoms with Crippen LogP contribution in [0.25, 0.3) is 0 Å². The third kappa shape index (κ3) is 27.4. The van der Waals surface area contributed by atoms with E-state index in [1.165, 1.54) is 0 Å². The van der Waals surface area contributed by atoms with Crippen LogP contribution in [0.5, 0.6) is 0 Å². The van der Waals surface area contributed by atoms with Crippen LogP contribution in [0.1, 0.15) is 1.37 Å². The molecule has 0 aromatic carbocycles. The van der Waals surface area contributed by atoms with Gasteiger partial charge in [-0.05, 0) is 0 Å². The Morgan fingerprint density at radius 3 is 1.40 bits per heavy atom. The minimum Gasteiger partial charge on any atom is -0.0874 e.